The third-order valence-electron chi connectivity index (χ3n) is 7.12. The van der Waals surface area contributed by atoms with Gasteiger partial charge in [-0.1, -0.05) is 24.3 Å². The molecule has 0 amide bonds. The summed E-state index contributed by atoms with van der Waals surface area (Å²) in [5.74, 6) is -0.538. The number of rotatable bonds is 6. The standard InChI is InChI=1S/C26H28N2O5/c1-28-14-16(11-19-17-8-6-9-20-23(17)15(13-27-20)12-21(19)28)24(29)26(32-3)33-25(30)18-7-4-5-10-22(18)31-2/h4-10,13,16,19,21,26-27H,11-12,14H2,1-3H3/t16?,19-,21-,26?/m1/s1. The van der Waals surface area contributed by atoms with Crippen molar-refractivity contribution < 1.29 is 23.8 Å². The van der Waals surface area contributed by atoms with Crippen molar-refractivity contribution in [2.75, 3.05) is 27.8 Å². The number of likely N-dealkylation sites (tertiary alicyclic amines) is 1. The fraction of sp³-hybridized carbons (Fsp3) is 0.385. The van der Waals surface area contributed by atoms with Crippen LogP contribution in [0, 0.1) is 5.92 Å². The van der Waals surface area contributed by atoms with Crippen LogP contribution in [0.15, 0.2) is 48.7 Å². The lowest BCUT2D eigenvalue weighted by Gasteiger charge is -2.45. The number of nitrogens with one attached hydrogen (secondary N) is 1. The van der Waals surface area contributed by atoms with Gasteiger partial charge in [-0.05, 0) is 49.2 Å². The van der Waals surface area contributed by atoms with Crippen molar-refractivity contribution in [1.82, 2.24) is 9.88 Å². The van der Waals surface area contributed by atoms with Gasteiger partial charge in [-0.3, -0.25) is 4.79 Å². The SMILES string of the molecule is COc1ccccc1C(=O)OC(OC)C(=O)C1C[C@@H]2c3cccc4[nH]cc(c34)C[C@H]2N(C)C1. The first-order chi connectivity index (χ1) is 16.0. The number of carbonyl (C=O) groups is 2. The van der Waals surface area contributed by atoms with Crippen LogP contribution in [0.3, 0.4) is 0 Å². The highest BCUT2D eigenvalue weighted by Crippen LogP contribution is 2.44. The van der Waals surface area contributed by atoms with E-state index < -0.39 is 12.3 Å². The molecule has 172 valence electrons. The summed E-state index contributed by atoms with van der Waals surface area (Å²) in [6.45, 7) is 0.599. The minimum Gasteiger partial charge on any atom is -0.496 e. The smallest absolute Gasteiger partial charge is 0.344 e. The van der Waals surface area contributed by atoms with Crippen molar-refractivity contribution in [2.24, 2.45) is 5.92 Å². The molecule has 33 heavy (non-hydrogen) atoms. The minimum atomic E-state index is -1.26. The zero-order chi connectivity index (χ0) is 23.1. The van der Waals surface area contributed by atoms with Crippen molar-refractivity contribution >= 4 is 22.7 Å². The summed E-state index contributed by atoms with van der Waals surface area (Å²) in [5.41, 5.74) is 4.01. The van der Waals surface area contributed by atoms with E-state index in [4.69, 9.17) is 14.2 Å². The molecule has 1 aromatic heterocycles. The van der Waals surface area contributed by atoms with Gasteiger partial charge in [-0.15, -0.1) is 0 Å². The van der Waals surface area contributed by atoms with Gasteiger partial charge >= 0.3 is 5.97 Å². The first kappa shape index (κ1) is 21.7. The Hall–Kier alpha value is -3.16. The molecule has 7 heteroatoms. The fourth-order valence-electron chi connectivity index (χ4n) is 5.54. The molecule has 1 aliphatic carbocycles. The van der Waals surface area contributed by atoms with Gasteiger partial charge in [0.15, 0.2) is 0 Å². The molecule has 2 aromatic carbocycles. The number of aromatic nitrogens is 1. The number of nitrogens with zero attached hydrogens (tertiary/aromatic N) is 1. The van der Waals surface area contributed by atoms with Crippen LogP contribution in [0.25, 0.3) is 10.9 Å². The predicted molar refractivity (Wildman–Crippen MR) is 123 cm³/mol. The topological polar surface area (TPSA) is 80.9 Å². The van der Waals surface area contributed by atoms with Crippen LogP contribution >= 0.6 is 0 Å². The van der Waals surface area contributed by atoms with Gasteiger partial charge in [-0.25, -0.2) is 4.79 Å². The number of ketones is 1. The maximum absolute atomic E-state index is 13.4. The Labute approximate surface area is 192 Å². The lowest BCUT2D eigenvalue weighted by Crippen LogP contribution is -2.51. The largest absolute Gasteiger partial charge is 0.496 e. The second-order valence-electron chi connectivity index (χ2n) is 8.91. The van der Waals surface area contributed by atoms with Gasteiger partial charge in [0, 0.05) is 48.6 Å². The van der Waals surface area contributed by atoms with Crippen molar-refractivity contribution in [2.45, 2.75) is 31.1 Å². The van der Waals surface area contributed by atoms with Crippen LogP contribution in [0.1, 0.15) is 33.8 Å². The molecule has 5 rings (SSSR count). The van der Waals surface area contributed by atoms with E-state index in [1.807, 2.05) is 0 Å². The molecule has 0 spiro atoms. The van der Waals surface area contributed by atoms with Gasteiger partial charge in [0.25, 0.3) is 6.29 Å². The zero-order valence-electron chi connectivity index (χ0n) is 19.0. The molecule has 7 nitrogen and oxygen atoms in total. The second kappa shape index (κ2) is 8.65. The van der Waals surface area contributed by atoms with E-state index >= 15 is 0 Å². The number of benzene rings is 2. The Morgan fingerprint density at radius 2 is 1.94 bits per heavy atom. The average Bonchev–Trinajstić information content (AvgIpc) is 3.26. The molecule has 1 fully saturated rings. The molecule has 1 N–H and O–H groups in total. The first-order valence-corrected chi connectivity index (χ1v) is 11.2. The van der Waals surface area contributed by atoms with Crippen LogP contribution in [0.2, 0.25) is 0 Å². The van der Waals surface area contributed by atoms with Crippen molar-refractivity contribution in [1.29, 1.82) is 0 Å². The van der Waals surface area contributed by atoms with Crippen molar-refractivity contribution in [3.63, 3.8) is 0 Å². The molecule has 2 aliphatic rings. The number of carbonyl (C=O) groups excluding carboxylic acids is 2. The Morgan fingerprint density at radius 1 is 1.12 bits per heavy atom. The normalized spacial score (nSPS) is 23.1. The van der Waals surface area contributed by atoms with E-state index in [0.717, 1.165) is 11.9 Å². The quantitative estimate of drug-likeness (QED) is 0.459. The molecule has 4 atom stereocenters. The van der Waals surface area contributed by atoms with Crippen LogP contribution in [-0.4, -0.2) is 61.8 Å². The monoisotopic (exact) mass is 448 g/mol. The third kappa shape index (κ3) is 3.71. The summed E-state index contributed by atoms with van der Waals surface area (Å²) in [5, 5.41) is 1.28. The molecular weight excluding hydrogens is 420 g/mol. The van der Waals surface area contributed by atoms with Gasteiger partial charge < -0.3 is 24.1 Å². The highest BCUT2D eigenvalue weighted by Gasteiger charge is 2.43. The number of hydrogen-bond donors (Lipinski definition) is 1. The molecule has 0 radical (unpaired) electrons. The molecule has 2 heterocycles. The number of esters is 1. The maximum Gasteiger partial charge on any atom is 0.344 e. The number of ether oxygens (including phenoxy) is 3. The first-order valence-electron chi connectivity index (χ1n) is 11.2. The summed E-state index contributed by atoms with van der Waals surface area (Å²) in [6.07, 6.45) is 2.49. The molecule has 0 saturated carbocycles. The number of piperidine rings is 1. The maximum atomic E-state index is 13.4. The third-order valence-corrected chi connectivity index (χ3v) is 7.12. The van der Waals surface area contributed by atoms with E-state index in [1.54, 1.807) is 24.3 Å². The average molecular weight is 449 g/mol. The number of likely N-dealkylation sites (N-methyl/N-ethyl adjacent to an activating group) is 1. The molecule has 0 bridgehead atoms. The Bertz CT molecular complexity index is 1200. The Kier molecular flexibility index (Phi) is 5.68. The summed E-state index contributed by atoms with van der Waals surface area (Å²) >= 11 is 0. The number of para-hydroxylation sites is 1. The minimum absolute atomic E-state index is 0.210. The molecule has 3 aromatic rings. The van der Waals surface area contributed by atoms with E-state index in [0.29, 0.717) is 24.8 Å². The number of methoxy groups -OCH3 is 2. The van der Waals surface area contributed by atoms with E-state index in [9.17, 15) is 9.59 Å². The van der Waals surface area contributed by atoms with Crippen LogP contribution in [0.5, 0.6) is 5.75 Å². The van der Waals surface area contributed by atoms with Crippen molar-refractivity contribution in [3.05, 3.63) is 65.4 Å². The van der Waals surface area contributed by atoms with E-state index in [2.05, 4.69) is 41.3 Å². The van der Waals surface area contributed by atoms with Crippen LogP contribution in [-0.2, 0) is 20.7 Å². The summed E-state index contributed by atoms with van der Waals surface area (Å²) in [4.78, 5) is 31.8. The van der Waals surface area contributed by atoms with Crippen LogP contribution in [0.4, 0.5) is 0 Å². The Morgan fingerprint density at radius 3 is 2.73 bits per heavy atom. The second-order valence-corrected chi connectivity index (χ2v) is 8.91. The Balaban J connectivity index is 1.37. The van der Waals surface area contributed by atoms with Crippen molar-refractivity contribution in [3.8, 4) is 5.75 Å². The van der Waals surface area contributed by atoms with Gasteiger partial charge in [-0.2, -0.15) is 0 Å². The number of Topliss-reactive ketones (excluding diaryl/α,β-unsaturated/α-hetero) is 1. The zero-order valence-corrected chi connectivity index (χ0v) is 19.0. The van der Waals surface area contributed by atoms with Crippen LogP contribution < -0.4 is 4.74 Å². The number of aromatic amines is 1. The highest BCUT2D eigenvalue weighted by atomic mass is 16.7. The predicted octanol–water partition coefficient (Wildman–Crippen LogP) is 3.54. The highest BCUT2D eigenvalue weighted by molar-refractivity contribution is 5.95. The molecular formula is C26H28N2O5. The lowest BCUT2D eigenvalue weighted by atomic mass is 9.71. The summed E-state index contributed by atoms with van der Waals surface area (Å²) in [6, 6.07) is 13.4. The fourth-order valence-corrected chi connectivity index (χ4v) is 5.54. The van der Waals surface area contributed by atoms with E-state index in [-0.39, 0.29) is 23.2 Å². The number of fused-ring (bicyclic) bond motifs is 2. The lowest BCUT2D eigenvalue weighted by molar-refractivity contribution is -0.158. The van der Waals surface area contributed by atoms with Gasteiger partial charge in [0.05, 0.1) is 7.11 Å². The van der Waals surface area contributed by atoms with E-state index in [1.165, 1.54) is 30.7 Å². The summed E-state index contributed by atoms with van der Waals surface area (Å²) < 4.78 is 16.1. The molecule has 2 unspecified atom stereocenters. The molecule has 1 saturated heterocycles. The van der Waals surface area contributed by atoms with Gasteiger partial charge in [0.1, 0.15) is 11.3 Å². The molecule has 1 aliphatic heterocycles. The summed E-state index contributed by atoms with van der Waals surface area (Å²) in [7, 11) is 4.94. The number of H-pyrrole nitrogens is 1. The van der Waals surface area contributed by atoms with Gasteiger partial charge in [0.2, 0.25) is 5.78 Å². The number of hydrogen-bond acceptors (Lipinski definition) is 6.